The molecular formula is C14H16ClN3O3S. The van der Waals surface area contributed by atoms with Gasteiger partial charge in [0.05, 0.1) is 23.9 Å². The summed E-state index contributed by atoms with van der Waals surface area (Å²) in [4.78, 5) is 28.0. The largest absolute Gasteiger partial charge is 0.383 e. The van der Waals surface area contributed by atoms with E-state index in [1.54, 1.807) is 31.4 Å². The average Bonchev–Trinajstić information content (AvgIpc) is 2.82. The Morgan fingerprint density at radius 1 is 1.50 bits per heavy atom. The molecule has 0 unspecified atom stereocenters. The van der Waals surface area contributed by atoms with E-state index in [4.69, 9.17) is 16.3 Å². The molecule has 1 aromatic rings. The van der Waals surface area contributed by atoms with Crippen molar-refractivity contribution >= 4 is 46.0 Å². The van der Waals surface area contributed by atoms with Crippen LogP contribution in [0.25, 0.3) is 0 Å². The molecule has 1 saturated heterocycles. The average molecular weight is 342 g/mol. The summed E-state index contributed by atoms with van der Waals surface area (Å²) >= 11 is 7.23. The van der Waals surface area contributed by atoms with Crippen molar-refractivity contribution in [2.75, 3.05) is 25.6 Å². The van der Waals surface area contributed by atoms with Crippen molar-refractivity contribution in [1.82, 2.24) is 5.32 Å². The van der Waals surface area contributed by atoms with Gasteiger partial charge in [0.15, 0.2) is 5.17 Å². The highest BCUT2D eigenvalue weighted by atomic mass is 35.5. The van der Waals surface area contributed by atoms with Crippen LogP contribution in [0.5, 0.6) is 0 Å². The number of aliphatic imine (C=N–C) groups is 1. The third kappa shape index (κ3) is 4.72. The van der Waals surface area contributed by atoms with Crippen molar-refractivity contribution in [3.8, 4) is 0 Å². The number of rotatable bonds is 6. The van der Waals surface area contributed by atoms with Crippen LogP contribution in [0, 0.1) is 0 Å². The number of halogens is 1. The van der Waals surface area contributed by atoms with Crippen molar-refractivity contribution in [2.24, 2.45) is 4.99 Å². The molecule has 1 fully saturated rings. The normalized spacial score (nSPS) is 19.3. The highest BCUT2D eigenvalue weighted by Gasteiger charge is 2.31. The molecule has 0 spiro atoms. The van der Waals surface area contributed by atoms with Crippen LogP contribution in [0.1, 0.15) is 6.42 Å². The zero-order chi connectivity index (χ0) is 15.9. The number of hydrogen-bond donors (Lipinski definition) is 2. The fourth-order valence-corrected chi connectivity index (χ4v) is 2.96. The Labute approximate surface area is 137 Å². The lowest BCUT2D eigenvalue weighted by atomic mass is 10.2. The molecule has 0 saturated carbocycles. The zero-order valence-electron chi connectivity index (χ0n) is 12.0. The summed E-state index contributed by atoms with van der Waals surface area (Å²) < 4.78 is 4.89. The molecule has 6 nitrogen and oxygen atoms in total. The van der Waals surface area contributed by atoms with Gasteiger partial charge in [-0.05, 0) is 12.1 Å². The topological polar surface area (TPSA) is 79.8 Å². The second-order valence-electron chi connectivity index (χ2n) is 4.51. The van der Waals surface area contributed by atoms with Gasteiger partial charge in [0.25, 0.3) is 0 Å². The maximum atomic E-state index is 12.0. The molecule has 1 aliphatic rings. The Kier molecular flexibility index (Phi) is 6.23. The number of nitrogens with one attached hydrogen (secondary N) is 2. The number of nitrogens with zero attached hydrogens (tertiary/aromatic N) is 1. The van der Waals surface area contributed by atoms with Crippen molar-refractivity contribution in [3.63, 3.8) is 0 Å². The van der Waals surface area contributed by atoms with Gasteiger partial charge in [-0.3, -0.25) is 14.6 Å². The number of amides is 2. The lowest BCUT2D eigenvalue weighted by Gasteiger charge is -2.08. The molecule has 2 rings (SSSR count). The minimum atomic E-state index is -0.483. The molecule has 0 radical (unpaired) electrons. The number of thioether (sulfide) groups is 1. The van der Waals surface area contributed by atoms with E-state index in [0.29, 0.717) is 29.0 Å². The first-order chi connectivity index (χ1) is 10.6. The summed E-state index contributed by atoms with van der Waals surface area (Å²) in [6.45, 7) is 0.954. The molecule has 2 N–H and O–H groups in total. The molecule has 1 heterocycles. The fourth-order valence-electron chi connectivity index (χ4n) is 1.79. The van der Waals surface area contributed by atoms with Gasteiger partial charge in [-0.25, -0.2) is 0 Å². The third-order valence-corrected chi connectivity index (χ3v) is 4.30. The van der Waals surface area contributed by atoms with Gasteiger partial charge in [-0.15, -0.1) is 0 Å². The molecule has 0 aromatic heterocycles. The Morgan fingerprint density at radius 3 is 3.00 bits per heavy atom. The first-order valence-electron chi connectivity index (χ1n) is 6.65. The maximum Gasteiger partial charge on any atom is 0.240 e. The summed E-state index contributed by atoms with van der Waals surface area (Å²) in [5.41, 5.74) is 0.534. The molecule has 1 atom stereocenters. The van der Waals surface area contributed by atoms with E-state index in [1.165, 1.54) is 11.8 Å². The molecule has 1 aromatic carbocycles. The van der Waals surface area contributed by atoms with E-state index >= 15 is 0 Å². The third-order valence-electron chi connectivity index (χ3n) is 2.85. The first kappa shape index (κ1) is 16.8. The number of carbonyl (C=O) groups excluding carboxylic acids is 2. The predicted molar refractivity (Wildman–Crippen MR) is 88.4 cm³/mol. The number of carbonyl (C=O) groups is 2. The SMILES string of the molecule is COCCN=C1NC(=O)[C@H](CC(=O)Nc2ccccc2Cl)S1. The van der Waals surface area contributed by atoms with Gasteiger partial charge in [0.1, 0.15) is 5.25 Å². The van der Waals surface area contributed by atoms with Crippen LogP contribution >= 0.6 is 23.4 Å². The van der Waals surface area contributed by atoms with Crippen LogP contribution in [0.4, 0.5) is 5.69 Å². The Bertz CT molecular complexity index is 594. The van der Waals surface area contributed by atoms with Crippen molar-refractivity contribution < 1.29 is 14.3 Å². The first-order valence-corrected chi connectivity index (χ1v) is 7.91. The van der Waals surface area contributed by atoms with Gasteiger partial charge in [-0.1, -0.05) is 35.5 Å². The molecular weight excluding hydrogens is 326 g/mol. The summed E-state index contributed by atoms with van der Waals surface area (Å²) in [7, 11) is 1.59. The number of ether oxygens (including phenoxy) is 1. The summed E-state index contributed by atoms with van der Waals surface area (Å²) in [5.74, 6) is -0.477. The molecule has 2 amide bonds. The van der Waals surface area contributed by atoms with Gasteiger partial charge >= 0.3 is 0 Å². The summed E-state index contributed by atoms with van der Waals surface area (Å²) in [5, 5.41) is 5.86. The Morgan fingerprint density at radius 2 is 2.27 bits per heavy atom. The minimum absolute atomic E-state index is 0.0605. The van der Waals surface area contributed by atoms with E-state index < -0.39 is 5.25 Å². The van der Waals surface area contributed by atoms with Crippen LogP contribution in [-0.4, -0.2) is 42.5 Å². The Hall–Kier alpha value is -1.57. The van der Waals surface area contributed by atoms with Crippen molar-refractivity contribution in [1.29, 1.82) is 0 Å². The van der Waals surface area contributed by atoms with Crippen LogP contribution < -0.4 is 10.6 Å². The lowest BCUT2D eigenvalue weighted by molar-refractivity contribution is -0.122. The van der Waals surface area contributed by atoms with E-state index in [2.05, 4.69) is 15.6 Å². The number of anilines is 1. The maximum absolute atomic E-state index is 12.0. The van der Waals surface area contributed by atoms with E-state index in [-0.39, 0.29) is 18.2 Å². The molecule has 22 heavy (non-hydrogen) atoms. The predicted octanol–water partition coefficient (Wildman–Crippen LogP) is 1.90. The summed E-state index contributed by atoms with van der Waals surface area (Å²) in [6, 6.07) is 6.95. The smallest absolute Gasteiger partial charge is 0.240 e. The molecule has 1 aliphatic heterocycles. The van der Waals surface area contributed by atoms with Crippen LogP contribution in [-0.2, 0) is 14.3 Å². The zero-order valence-corrected chi connectivity index (χ0v) is 13.5. The monoisotopic (exact) mass is 341 g/mol. The minimum Gasteiger partial charge on any atom is -0.383 e. The van der Waals surface area contributed by atoms with Gasteiger partial charge < -0.3 is 15.4 Å². The van der Waals surface area contributed by atoms with Gasteiger partial charge in [-0.2, -0.15) is 0 Å². The van der Waals surface area contributed by atoms with Gasteiger partial charge in [0.2, 0.25) is 11.8 Å². The number of hydrogen-bond acceptors (Lipinski definition) is 5. The number of para-hydroxylation sites is 1. The van der Waals surface area contributed by atoms with Crippen LogP contribution in [0.15, 0.2) is 29.3 Å². The second kappa shape index (κ2) is 8.17. The van der Waals surface area contributed by atoms with Crippen molar-refractivity contribution in [3.05, 3.63) is 29.3 Å². The second-order valence-corrected chi connectivity index (χ2v) is 6.11. The molecule has 0 aliphatic carbocycles. The van der Waals surface area contributed by atoms with Crippen LogP contribution in [0.2, 0.25) is 5.02 Å². The highest BCUT2D eigenvalue weighted by Crippen LogP contribution is 2.24. The lowest BCUT2D eigenvalue weighted by Crippen LogP contribution is -2.28. The van der Waals surface area contributed by atoms with E-state index in [0.717, 1.165) is 0 Å². The molecule has 8 heteroatoms. The van der Waals surface area contributed by atoms with Gasteiger partial charge in [0, 0.05) is 13.5 Å². The summed E-state index contributed by atoms with van der Waals surface area (Å²) in [6.07, 6.45) is 0.0605. The highest BCUT2D eigenvalue weighted by molar-refractivity contribution is 8.15. The quantitative estimate of drug-likeness (QED) is 0.774. The molecule has 118 valence electrons. The number of amidine groups is 1. The van der Waals surface area contributed by atoms with E-state index in [1.807, 2.05) is 0 Å². The number of methoxy groups -OCH3 is 1. The standard InChI is InChI=1S/C14H16ClN3O3S/c1-21-7-6-16-14-18-13(20)11(22-14)8-12(19)17-10-5-3-2-4-9(10)15/h2-5,11H,6-8H2,1H3,(H,17,19)(H,16,18,20)/t11-/m0/s1. The van der Waals surface area contributed by atoms with Crippen LogP contribution in [0.3, 0.4) is 0 Å². The van der Waals surface area contributed by atoms with Crippen molar-refractivity contribution in [2.45, 2.75) is 11.7 Å². The Balaban J connectivity index is 1.88. The molecule has 0 bridgehead atoms. The fraction of sp³-hybridized carbons (Fsp3) is 0.357. The van der Waals surface area contributed by atoms with E-state index in [9.17, 15) is 9.59 Å². The number of benzene rings is 1.